The van der Waals surface area contributed by atoms with Crippen molar-refractivity contribution in [3.63, 3.8) is 0 Å². The van der Waals surface area contributed by atoms with E-state index in [0.29, 0.717) is 0 Å². The van der Waals surface area contributed by atoms with Gasteiger partial charge in [0, 0.05) is 10.9 Å². The largest absolute Gasteiger partial charge is 0.342 e. The Morgan fingerprint density at radius 1 is 1.69 bits per heavy atom. The van der Waals surface area contributed by atoms with E-state index >= 15 is 0 Å². The predicted octanol–water partition coefficient (Wildman–Crippen LogP) is 1.43. The van der Waals surface area contributed by atoms with Crippen molar-refractivity contribution in [1.82, 2.24) is 10.6 Å². The normalized spacial score (nSPS) is 11.8. The molecule has 0 saturated heterocycles. The Bertz CT molecular complexity index is 356. The molecule has 1 amide bonds. The lowest BCUT2D eigenvalue weighted by Gasteiger charge is -2.14. The molecule has 1 aromatic rings. The van der Waals surface area contributed by atoms with E-state index in [9.17, 15) is 4.79 Å². The van der Waals surface area contributed by atoms with Crippen LogP contribution >= 0.6 is 11.3 Å². The Labute approximate surface area is 99.3 Å². The number of hydrogen-bond donors (Lipinski definition) is 2. The van der Waals surface area contributed by atoms with Crippen molar-refractivity contribution in [2.45, 2.75) is 19.4 Å². The summed E-state index contributed by atoms with van der Waals surface area (Å²) < 4.78 is 0. The number of carbonyl (C=O) groups excluding carboxylic acids is 1. The molecule has 0 radical (unpaired) electrons. The smallest absolute Gasteiger partial charge is 0.234 e. The highest BCUT2D eigenvalue weighted by Crippen LogP contribution is 2.21. The van der Waals surface area contributed by atoms with Gasteiger partial charge in [-0.15, -0.1) is 11.3 Å². The summed E-state index contributed by atoms with van der Waals surface area (Å²) in [5.74, 6) is -0.142. The maximum Gasteiger partial charge on any atom is 0.234 e. The average Bonchev–Trinajstić information content (AvgIpc) is 2.81. The third-order valence-electron chi connectivity index (χ3n) is 2.17. The fourth-order valence-electron chi connectivity index (χ4n) is 1.35. The van der Waals surface area contributed by atoms with Crippen LogP contribution in [0, 0.1) is 11.3 Å². The van der Waals surface area contributed by atoms with Crippen molar-refractivity contribution in [2.24, 2.45) is 0 Å². The molecule has 0 saturated carbocycles. The van der Waals surface area contributed by atoms with Gasteiger partial charge in [-0.1, -0.05) is 13.0 Å². The number of carbonyl (C=O) groups is 1. The minimum absolute atomic E-state index is 0.0658. The summed E-state index contributed by atoms with van der Waals surface area (Å²) in [4.78, 5) is 12.5. The Balaban J connectivity index is 2.35. The number of rotatable bonds is 6. The van der Waals surface area contributed by atoms with Crippen LogP contribution in [0.1, 0.15) is 24.3 Å². The molecule has 1 aromatic heterocycles. The zero-order chi connectivity index (χ0) is 11.8. The van der Waals surface area contributed by atoms with E-state index in [1.54, 1.807) is 11.3 Å². The van der Waals surface area contributed by atoms with Crippen molar-refractivity contribution in [3.05, 3.63) is 22.4 Å². The van der Waals surface area contributed by atoms with Crippen molar-refractivity contribution in [2.75, 3.05) is 13.1 Å². The van der Waals surface area contributed by atoms with E-state index in [4.69, 9.17) is 5.26 Å². The first-order valence-corrected chi connectivity index (χ1v) is 6.06. The lowest BCUT2D eigenvalue weighted by molar-refractivity contribution is -0.120. The van der Waals surface area contributed by atoms with Gasteiger partial charge >= 0.3 is 0 Å². The van der Waals surface area contributed by atoms with Crippen LogP contribution in [-0.2, 0) is 4.79 Å². The molecule has 16 heavy (non-hydrogen) atoms. The van der Waals surface area contributed by atoms with E-state index in [0.717, 1.165) is 6.42 Å². The molecule has 1 heterocycles. The topological polar surface area (TPSA) is 64.9 Å². The van der Waals surface area contributed by atoms with Gasteiger partial charge in [-0.05, 0) is 17.9 Å². The van der Waals surface area contributed by atoms with Gasteiger partial charge < -0.3 is 10.6 Å². The van der Waals surface area contributed by atoms with Crippen molar-refractivity contribution < 1.29 is 4.79 Å². The number of nitrogens with zero attached hydrogens (tertiary/aromatic N) is 1. The molecule has 0 bridgehead atoms. The van der Waals surface area contributed by atoms with Crippen LogP contribution in [0.3, 0.4) is 0 Å². The minimum atomic E-state index is -0.142. The van der Waals surface area contributed by atoms with Crippen molar-refractivity contribution in [3.8, 4) is 6.07 Å². The molecular weight excluding hydrogens is 222 g/mol. The highest BCUT2D eigenvalue weighted by atomic mass is 32.1. The van der Waals surface area contributed by atoms with Gasteiger partial charge in [0.25, 0.3) is 0 Å². The summed E-state index contributed by atoms with van der Waals surface area (Å²) in [7, 11) is 0. The van der Waals surface area contributed by atoms with Gasteiger partial charge in [0.15, 0.2) is 0 Å². The second-order valence-electron chi connectivity index (χ2n) is 3.29. The molecule has 0 fully saturated rings. The first-order valence-electron chi connectivity index (χ1n) is 5.18. The molecule has 5 heteroatoms. The van der Waals surface area contributed by atoms with Crippen LogP contribution in [0.2, 0.25) is 0 Å². The first-order chi connectivity index (χ1) is 7.77. The van der Waals surface area contributed by atoms with E-state index in [1.807, 2.05) is 17.5 Å². The Hall–Kier alpha value is -1.38. The molecule has 0 aliphatic heterocycles. The van der Waals surface area contributed by atoms with Crippen LogP contribution in [0.15, 0.2) is 17.5 Å². The summed E-state index contributed by atoms with van der Waals surface area (Å²) >= 11 is 1.68. The molecule has 1 unspecified atom stereocenters. The van der Waals surface area contributed by atoms with Crippen LogP contribution in [-0.4, -0.2) is 19.0 Å². The number of amides is 1. The molecule has 1 atom stereocenters. The zero-order valence-electron chi connectivity index (χ0n) is 9.19. The fraction of sp³-hybridized carbons (Fsp3) is 0.455. The zero-order valence-corrected chi connectivity index (χ0v) is 10.0. The Morgan fingerprint density at radius 3 is 3.06 bits per heavy atom. The number of hydrogen-bond acceptors (Lipinski definition) is 4. The van der Waals surface area contributed by atoms with Gasteiger partial charge in [-0.25, -0.2) is 0 Å². The number of thiophene rings is 1. The molecule has 0 aliphatic rings. The molecule has 1 rings (SSSR count). The van der Waals surface area contributed by atoms with Gasteiger partial charge in [0.05, 0.1) is 12.6 Å². The summed E-state index contributed by atoms with van der Waals surface area (Å²) in [5.41, 5.74) is 0. The highest BCUT2D eigenvalue weighted by Gasteiger charge is 2.10. The van der Waals surface area contributed by atoms with E-state index in [2.05, 4.69) is 23.6 Å². The number of nitrogens with one attached hydrogen (secondary N) is 2. The molecule has 0 aromatic carbocycles. The maximum atomic E-state index is 11.3. The van der Waals surface area contributed by atoms with E-state index in [-0.39, 0.29) is 25.0 Å². The molecule has 0 aliphatic carbocycles. The van der Waals surface area contributed by atoms with E-state index in [1.165, 1.54) is 4.88 Å². The van der Waals surface area contributed by atoms with Crippen molar-refractivity contribution >= 4 is 17.2 Å². The average molecular weight is 237 g/mol. The summed E-state index contributed by atoms with van der Waals surface area (Å²) in [6, 6.07) is 6.14. The van der Waals surface area contributed by atoms with Gasteiger partial charge in [0.1, 0.15) is 6.54 Å². The Morgan fingerprint density at radius 2 is 2.50 bits per heavy atom. The quantitative estimate of drug-likeness (QED) is 0.736. The molecular formula is C11H15N3OS. The van der Waals surface area contributed by atoms with Crippen LogP contribution in [0.4, 0.5) is 0 Å². The lowest BCUT2D eigenvalue weighted by Crippen LogP contribution is -2.35. The highest BCUT2D eigenvalue weighted by molar-refractivity contribution is 7.10. The second-order valence-corrected chi connectivity index (χ2v) is 4.27. The standard InChI is InChI=1S/C11H15N3OS/c1-2-9(10-4-3-7-16-10)14-8-11(15)13-6-5-12/h3-4,7,9,14H,2,6,8H2,1H3,(H,13,15). The summed E-state index contributed by atoms with van der Waals surface area (Å²) in [6.45, 7) is 2.39. The van der Waals surface area contributed by atoms with Crippen LogP contribution < -0.4 is 10.6 Å². The van der Waals surface area contributed by atoms with Crippen LogP contribution in [0.25, 0.3) is 0 Å². The predicted molar refractivity (Wildman–Crippen MR) is 64.0 cm³/mol. The third-order valence-corrected chi connectivity index (χ3v) is 3.15. The monoisotopic (exact) mass is 237 g/mol. The maximum absolute atomic E-state index is 11.3. The summed E-state index contributed by atoms with van der Waals surface area (Å²) in [6.07, 6.45) is 0.937. The van der Waals surface area contributed by atoms with Crippen LogP contribution in [0.5, 0.6) is 0 Å². The lowest BCUT2D eigenvalue weighted by atomic mass is 10.2. The van der Waals surface area contributed by atoms with Gasteiger partial charge in [-0.3, -0.25) is 4.79 Å². The number of nitriles is 1. The molecule has 86 valence electrons. The van der Waals surface area contributed by atoms with Gasteiger partial charge in [-0.2, -0.15) is 5.26 Å². The van der Waals surface area contributed by atoms with Gasteiger partial charge in [0.2, 0.25) is 5.91 Å². The Kier molecular flexibility index (Phi) is 5.54. The second kappa shape index (κ2) is 6.99. The van der Waals surface area contributed by atoms with Crippen molar-refractivity contribution in [1.29, 1.82) is 5.26 Å². The molecule has 0 spiro atoms. The fourth-order valence-corrected chi connectivity index (χ4v) is 2.24. The SMILES string of the molecule is CCC(NCC(=O)NCC#N)c1cccs1. The first kappa shape index (κ1) is 12.7. The molecule has 2 N–H and O–H groups in total. The summed E-state index contributed by atoms with van der Waals surface area (Å²) in [5, 5.41) is 16.0. The molecule has 4 nitrogen and oxygen atoms in total. The van der Waals surface area contributed by atoms with E-state index < -0.39 is 0 Å². The minimum Gasteiger partial charge on any atom is -0.342 e. The third kappa shape index (κ3) is 4.01.